The van der Waals surface area contributed by atoms with Gasteiger partial charge in [-0.15, -0.1) is 0 Å². The second-order valence-electron chi connectivity index (χ2n) is 8.37. The number of rotatable bonds is 3. The van der Waals surface area contributed by atoms with E-state index in [2.05, 4.69) is 0 Å². The number of ketones is 1. The zero-order valence-corrected chi connectivity index (χ0v) is 17.9. The van der Waals surface area contributed by atoms with E-state index >= 15 is 0 Å². The quantitative estimate of drug-likeness (QED) is 0.367. The molecule has 0 bridgehead atoms. The molecule has 0 aliphatic carbocycles. The Morgan fingerprint density at radius 3 is 2.44 bits per heavy atom. The maximum atomic E-state index is 13.2. The van der Waals surface area contributed by atoms with Gasteiger partial charge in [-0.2, -0.15) is 0 Å². The number of Topliss-reactive ketones (excluding diaryl/α,β-unsaturated/α-hetero) is 1. The third-order valence-electron chi connectivity index (χ3n) is 6.04. The van der Waals surface area contributed by atoms with Crippen LogP contribution in [0.1, 0.15) is 35.2 Å². The lowest BCUT2D eigenvalue weighted by Gasteiger charge is -2.25. The first-order valence-corrected chi connectivity index (χ1v) is 10.7. The zero-order valence-electron chi connectivity index (χ0n) is 17.9. The number of ether oxygens (including phenoxy) is 1. The second-order valence-corrected chi connectivity index (χ2v) is 8.37. The van der Waals surface area contributed by atoms with Crippen LogP contribution in [0.5, 0.6) is 5.75 Å². The van der Waals surface area contributed by atoms with Crippen LogP contribution in [0.3, 0.4) is 0 Å². The van der Waals surface area contributed by atoms with Crippen LogP contribution >= 0.6 is 0 Å². The van der Waals surface area contributed by atoms with Crippen LogP contribution in [0.4, 0.5) is 5.69 Å². The molecule has 2 heterocycles. The van der Waals surface area contributed by atoms with Crippen LogP contribution in [0.15, 0.2) is 78.4 Å². The average molecular weight is 425 g/mol. The van der Waals surface area contributed by atoms with Gasteiger partial charge in [-0.25, -0.2) is 0 Å². The molecular formula is C27H23NO4. The van der Waals surface area contributed by atoms with Gasteiger partial charge in [0.15, 0.2) is 0 Å². The lowest BCUT2D eigenvalue weighted by atomic mass is 9.94. The van der Waals surface area contributed by atoms with E-state index in [1.54, 1.807) is 6.07 Å². The van der Waals surface area contributed by atoms with E-state index in [4.69, 9.17) is 4.74 Å². The molecule has 5 rings (SSSR count). The van der Waals surface area contributed by atoms with Crippen molar-refractivity contribution in [1.82, 2.24) is 0 Å². The highest BCUT2D eigenvalue weighted by atomic mass is 16.5. The highest BCUT2D eigenvalue weighted by Gasteiger charge is 2.47. The first-order chi connectivity index (χ1) is 15.4. The van der Waals surface area contributed by atoms with E-state index in [1.165, 1.54) is 4.90 Å². The van der Waals surface area contributed by atoms with Crippen molar-refractivity contribution in [2.75, 3.05) is 4.90 Å². The number of anilines is 1. The van der Waals surface area contributed by atoms with E-state index in [0.29, 0.717) is 11.3 Å². The Morgan fingerprint density at radius 1 is 1.00 bits per heavy atom. The summed E-state index contributed by atoms with van der Waals surface area (Å²) in [6.45, 7) is 3.95. The summed E-state index contributed by atoms with van der Waals surface area (Å²) in [6.07, 6.45) is 0.801. The summed E-state index contributed by atoms with van der Waals surface area (Å²) in [6, 6.07) is 21.4. The molecule has 2 aliphatic rings. The smallest absolute Gasteiger partial charge is 0.300 e. The Hall–Kier alpha value is -3.86. The molecule has 0 radical (unpaired) electrons. The number of benzene rings is 3. The average Bonchev–Trinajstić information content (AvgIpc) is 3.30. The molecule has 0 spiro atoms. The molecule has 1 saturated heterocycles. The van der Waals surface area contributed by atoms with Crippen LogP contribution in [0.2, 0.25) is 0 Å². The summed E-state index contributed by atoms with van der Waals surface area (Å²) >= 11 is 0. The fraction of sp³-hybridized carbons (Fsp3) is 0.185. The third kappa shape index (κ3) is 3.26. The number of hydrogen-bond acceptors (Lipinski definition) is 4. The Balaban J connectivity index is 1.68. The number of carbonyl (C=O) groups excluding carboxylic acids is 2. The van der Waals surface area contributed by atoms with E-state index in [1.807, 2.05) is 80.6 Å². The molecule has 2 aliphatic heterocycles. The molecular weight excluding hydrogens is 402 g/mol. The van der Waals surface area contributed by atoms with Crippen molar-refractivity contribution in [3.63, 3.8) is 0 Å². The van der Waals surface area contributed by atoms with Crippen molar-refractivity contribution in [2.24, 2.45) is 0 Å². The van der Waals surface area contributed by atoms with Crippen molar-refractivity contribution in [3.05, 3.63) is 101 Å². The van der Waals surface area contributed by atoms with Crippen molar-refractivity contribution in [1.29, 1.82) is 0 Å². The predicted octanol–water partition coefficient (Wildman–Crippen LogP) is 4.94. The van der Waals surface area contributed by atoms with Gasteiger partial charge in [-0.1, -0.05) is 48.0 Å². The molecule has 2 atom stereocenters. The highest BCUT2D eigenvalue weighted by Crippen LogP contribution is 2.42. The molecule has 3 aromatic carbocycles. The number of aryl methyl sites for hydroxylation is 1. The zero-order chi connectivity index (χ0) is 22.4. The van der Waals surface area contributed by atoms with Gasteiger partial charge in [-0.05, 0) is 55.3 Å². The maximum Gasteiger partial charge on any atom is 0.300 e. The molecule has 3 aromatic rings. The van der Waals surface area contributed by atoms with E-state index in [-0.39, 0.29) is 17.4 Å². The van der Waals surface area contributed by atoms with Gasteiger partial charge in [-0.3, -0.25) is 14.5 Å². The Labute approximate surface area is 186 Å². The van der Waals surface area contributed by atoms with Crippen molar-refractivity contribution in [3.8, 4) is 5.75 Å². The SMILES string of the molecule is Cc1ccc(N2C(=O)C(=O)/C(=C(\O)c3ccc4c(c3)CC(C)O4)C2c2ccccc2)cc1. The normalized spacial score (nSPS) is 21.5. The Morgan fingerprint density at radius 2 is 1.72 bits per heavy atom. The second kappa shape index (κ2) is 7.68. The number of nitrogens with zero attached hydrogens (tertiary/aromatic N) is 1. The van der Waals surface area contributed by atoms with Crippen LogP contribution in [-0.2, 0) is 16.0 Å². The van der Waals surface area contributed by atoms with E-state index in [0.717, 1.165) is 28.9 Å². The molecule has 1 N–H and O–H groups in total. The molecule has 1 fully saturated rings. The molecule has 1 amide bonds. The number of carbonyl (C=O) groups is 2. The van der Waals surface area contributed by atoms with Crippen LogP contribution in [-0.4, -0.2) is 22.9 Å². The summed E-state index contributed by atoms with van der Waals surface area (Å²) in [5.74, 6) is -0.729. The van der Waals surface area contributed by atoms with Crippen molar-refractivity contribution >= 4 is 23.1 Å². The fourth-order valence-corrected chi connectivity index (χ4v) is 4.48. The number of fused-ring (bicyclic) bond motifs is 1. The molecule has 5 heteroatoms. The Bertz CT molecular complexity index is 1240. The minimum Gasteiger partial charge on any atom is -0.507 e. The number of aliphatic hydroxyl groups excluding tert-OH is 1. The number of hydrogen-bond donors (Lipinski definition) is 1. The highest BCUT2D eigenvalue weighted by molar-refractivity contribution is 6.51. The largest absolute Gasteiger partial charge is 0.507 e. The standard InChI is InChI=1S/C27H23NO4/c1-16-8-11-21(12-9-16)28-24(18-6-4-3-5-7-18)23(26(30)27(28)31)25(29)19-10-13-22-20(15-19)14-17(2)32-22/h3-13,15,17,24,29H,14H2,1-2H3/b25-23-. The van der Waals surface area contributed by atoms with Gasteiger partial charge < -0.3 is 9.84 Å². The van der Waals surface area contributed by atoms with Gasteiger partial charge >= 0.3 is 0 Å². The lowest BCUT2D eigenvalue weighted by Crippen LogP contribution is -2.29. The monoisotopic (exact) mass is 425 g/mol. The molecule has 0 saturated carbocycles. The van der Waals surface area contributed by atoms with Crippen LogP contribution < -0.4 is 9.64 Å². The van der Waals surface area contributed by atoms with Crippen LogP contribution in [0, 0.1) is 6.92 Å². The fourth-order valence-electron chi connectivity index (χ4n) is 4.48. The van der Waals surface area contributed by atoms with Gasteiger partial charge in [0.25, 0.3) is 11.7 Å². The predicted molar refractivity (Wildman–Crippen MR) is 123 cm³/mol. The third-order valence-corrected chi connectivity index (χ3v) is 6.04. The van der Waals surface area contributed by atoms with E-state index < -0.39 is 17.7 Å². The molecule has 32 heavy (non-hydrogen) atoms. The maximum absolute atomic E-state index is 13.2. The Kier molecular flexibility index (Phi) is 4.82. The van der Waals surface area contributed by atoms with E-state index in [9.17, 15) is 14.7 Å². The summed E-state index contributed by atoms with van der Waals surface area (Å²) < 4.78 is 5.75. The summed E-state index contributed by atoms with van der Waals surface area (Å²) in [5.41, 5.74) is 3.99. The minimum atomic E-state index is -0.720. The molecule has 0 aromatic heterocycles. The molecule has 2 unspecified atom stereocenters. The first kappa shape index (κ1) is 20.1. The number of amides is 1. The van der Waals surface area contributed by atoms with Gasteiger partial charge in [0.1, 0.15) is 17.6 Å². The summed E-state index contributed by atoms with van der Waals surface area (Å²) in [7, 11) is 0. The summed E-state index contributed by atoms with van der Waals surface area (Å²) in [5, 5.41) is 11.3. The van der Waals surface area contributed by atoms with Gasteiger partial charge in [0.2, 0.25) is 0 Å². The number of aliphatic hydroxyl groups is 1. The van der Waals surface area contributed by atoms with Gasteiger partial charge in [0.05, 0.1) is 11.6 Å². The van der Waals surface area contributed by atoms with Crippen molar-refractivity contribution in [2.45, 2.75) is 32.4 Å². The molecule has 160 valence electrons. The summed E-state index contributed by atoms with van der Waals surface area (Å²) in [4.78, 5) is 27.8. The lowest BCUT2D eigenvalue weighted by molar-refractivity contribution is -0.132. The van der Waals surface area contributed by atoms with Crippen LogP contribution in [0.25, 0.3) is 5.76 Å². The topological polar surface area (TPSA) is 66.8 Å². The van der Waals surface area contributed by atoms with Crippen molar-refractivity contribution < 1.29 is 19.4 Å². The first-order valence-electron chi connectivity index (χ1n) is 10.7. The van der Waals surface area contributed by atoms with Gasteiger partial charge in [0, 0.05) is 17.7 Å². The minimum absolute atomic E-state index is 0.0684. The molecule has 5 nitrogen and oxygen atoms in total.